The molecule has 1 fully saturated rings. The van der Waals surface area contributed by atoms with E-state index in [1.807, 2.05) is 19.2 Å². The predicted octanol–water partition coefficient (Wildman–Crippen LogP) is 2.09. The number of rotatable bonds is 5. The maximum atomic E-state index is 4.47. The second-order valence-corrected chi connectivity index (χ2v) is 5.52. The molecule has 0 amide bonds. The Labute approximate surface area is 124 Å². The first-order chi connectivity index (χ1) is 10.2. The number of anilines is 2. The molecule has 0 aliphatic heterocycles. The van der Waals surface area contributed by atoms with Crippen molar-refractivity contribution in [2.24, 2.45) is 5.92 Å². The summed E-state index contributed by atoms with van der Waals surface area (Å²) in [4.78, 5) is 13.3. The fourth-order valence-electron chi connectivity index (χ4n) is 2.68. The molecule has 0 spiro atoms. The van der Waals surface area contributed by atoms with Gasteiger partial charge in [0.05, 0.1) is 0 Å². The molecule has 2 unspecified atom stereocenters. The molecular weight excluding hydrogens is 266 g/mol. The van der Waals surface area contributed by atoms with Crippen molar-refractivity contribution < 1.29 is 0 Å². The van der Waals surface area contributed by atoms with Crippen LogP contribution in [0, 0.1) is 5.92 Å². The van der Waals surface area contributed by atoms with Crippen LogP contribution in [0.2, 0.25) is 0 Å². The van der Waals surface area contributed by atoms with Crippen LogP contribution >= 0.6 is 0 Å². The van der Waals surface area contributed by atoms with Crippen LogP contribution < -0.4 is 10.6 Å². The molecule has 7 nitrogen and oxygen atoms in total. The summed E-state index contributed by atoms with van der Waals surface area (Å²) in [6, 6.07) is 2.30. The van der Waals surface area contributed by atoms with Gasteiger partial charge in [-0.15, -0.1) is 0 Å². The molecule has 0 aromatic carbocycles. The Bertz CT molecular complexity index is 581. The molecule has 2 heterocycles. The molecule has 7 heteroatoms. The monoisotopic (exact) mass is 287 g/mol. The van der Waals surface area contributed by atoms with Crippen molar-refractivity contribution in [1.29, 1.82) is 0 Å². The molecule has 0 saturated heterocycles. The predicted molar refractivity (Wildman–Crippen MR) is 81.5 cm³/mol. The van der Waals surface area contributed by atoms with E-state index < -0.39 is 0 Å². The smallest absolute Gasteiger partial charge is 0.257 e. The van der Waals surface area contributed by atoms with Gasteiger partial charge in [0, 0.05) is 25.0 Å². The fraction of sp³-hybridized carbons (Fsp3) is 0.571. The van der Waals surface area contributed by atoms with Gasteiger partial charge in [-0.25, -0.2) is 4.68 Å². The zero-order valence-electron chi connectivity index (χ0n) is 12.5. The quantitative estimate of drug-likeness (QED) is 0.876. The topological polar surface area (TPSA) is 80.5 Å². The van der Waals surface area contributed by atoms with E-state index >= 15 is 0 Å². The van der Waals surface area contributed by atoms with Gasteiger partial charge in [-0.1, -0.05) is 6.92 Å². The first kappa shape index (κ1) is 13.8. The Morgan fingerprint density at radius 3 is 2.76 bits per heavy atom. The van der Waals surface area contributed by atoms with Crippen molar-refractivity contribution in [3.63, 3.8) is 0 Å². The van der Waals surface area contributed by atoms with Gasteiger partial charge in [0.25, 0.3) is 5.95 Å². The number of hydrogen-bond acceptors (Lipinski definition) is 6. The van der Waals surface area contributed by atoms with Crippen molar-refractivity contribution in [3.05, 3.63) is 18.5 Å². The van der Waals surface area contributed by atoms with Crippen molar-refractivity contribution in [1.82, 2.24) is 24.7 Å². The lowest BCUT2D eigenvalue weighted by Gasteiger charge is -2.14. The highest BCUT2D eigenvalue weighted by Crippen LogP contribution is 2.26. The van der Waals surface area contributed by atoms with E-state index in [4.69, 9.17) is 0 Å². The SMILES string of the molecule is CCNc1nc(NC2CCC(C)C2)nc(-n2cccn2)n1. The molecule has 2 atom stereocenters. The molecule has 2 N–H and O–H groups in total. The highest BCUT2D eigenvalue weighted by Gasteiger charge is 2.22. The van der Waals surface area contributed by atoms with Gasteiger partial charge in [-0.2, -0.15) is 20.1 Å². The fourth-order valence-corrected chi connectivity index (χ4v) is 2.68. The number of hydrogen-bond donors (Lipinski definition) is 2. The molecule has 0 radical (unpaired) electrons. The highest BCUT2D eigenvalue weighted by molar-refractivity contribution is 5.38. The molecule has 2 aromatic rings. The minimum absolute atomic E-state index is 0.447. The molecule has 1 aliphatic rings. The molecular formula is C14H21N7. The first-order valence-electron chi connectivity index (χ1n) is 7.51. The number of aromatic nitrogens is 5. The second kappa shape index (κ2) is 6.07. The molecule has 3 rings (SSSR count). The average molecular weight is 287 g/mol. The van der Waals surface area contributed by atoms with Crippen molar-refractivity contribution in [2.75, 3.05) is 17.2 Å². The zero-order valence-corrected chi connectivity index (χ0v) is 12.5. The molecule has 2 aromatic heterocycles. The Kier molecular flexibility index (Phi) is 3.98. The largest absolute Gasteiger partial charge is 0.354 e. The lowest BCUT2D eigenvalue weighted by molar-refractivity contribution is 0.601. The summed E-state index contributed by atoms with van der Waals surface area (Å²) in [5.74, 6) is 2.49. The zero-order chi connectivity index (χ0) is 14.7. The van der Waals surface area contributed by atoms with Crippen LogP contribution in [0.4, 0.5) is 11.9 Å². The summed E-state index contributed by atoms with van der Waals surface area (Å²) in [5, 5.41) is 10.8. The summed E-state index contributed by atoms with van der Waals surface area (Å²) < 4.78 is 1.64. The summed E-state index contributed by atoms with van der Waals surface area (Å²) in [5.41, 5.74) is 0. The molecule has 1 saturated carbocycles. The van der Waals surface area contributed by atoms with E-state index in [0.29, 0.717) is 23.9 Å². The minimum Gasteiger partial charge on any atom is -0.354 e. The Morgan fingerprint density at radius 1 is 1.24 bits per heavy atom. The van der Waals surface area contributed by atoms with Gasteiger partial charge in [0.1, 0.15) is 0 Å². The van der Waals surface area contributed by atoms with Crippen LogP contribution in [0.25, 0.3) is 5.95 Å². The van der Waals surface area contributed by atoms with Crippen LogP contribution in [0.15, 0.2) is 18.5 Å². The molecule has 0 bridgehead atoms. The summed E-state index contributed by atoms with van der Waals surface area (Å²) in [6.07, 6.45) is 7.13. The highest BCUT2D eigenvalue weighted by atomic mass is 15.4. The normalized spacial score (nSPS) is 21.4. The lowest BCUT2D eigenvalue weighted by Crippen LogP contribution is -2.19. The maximum absolute atomic E-state index is 4.47. The third kappa shape index (κ3) is 3.29. The van der Waals surface area contributed by atoms with Crippen LogP contribution in [0.3, 0.4) is 0 Å². The van der Waals surface area contributed by atoms with E-state index in [0.717, 1.165) is 12.5 Å². The van der Waals surface area contributed by atoms with Crippen LogP contribution in [-0.4, -0.2) is 37.3 Å². The summed E-state index contributed by atoms with van der Waals surface area (Å²) in [7, 11) is 0. The van der Waals surface area contributed by atoms with Gasteiger partial charge >= 0.3 is 0 Å². The Balaban J connectivity index is 1.84. The van der Waals surface area contributed by atoms with E-state index in [-0.39, 0.29) is 0 Å². The van der Waals surface area contributed by atoms with E-state index in [9.17, 15) is 0 Å². The summed E-state index contributed by atoms with van der Waals surface area (Å²) >= 11 is 0. The molecule has 112 valence electrons. The van der Waals surface area contributed by atoms with Crippen LogP contribution in [-0.2, 0) is 0 Å². The van der Waals surface area contributed by atoms with E-state index in [2.05, 4.69) is 37.6 Å². The first-order valence-corrected chi connectivity index (χ1v) is 7.51. The van der Waals surface area contributed by atoms with Gasteiger partial charge in [-0.3, -0.25) is 0 Å². The van der Waals surface area contributed by atoms with Gasteiger partial charge in [-0.05, 0) is 38.2 Å². The average Bonchev–Trinajstić information content (AvgIpc) is 3.11. The number of nitrogens with zero attached hydrogens (tertiary/aromatic N) is 5. The van der Waals surface area contributed by atoms with E-state index in [1.165, 1.54) is 19.3 Å². The van der Waals surface area contributed by atoms with Crippen molar-refractivity contribution in [2.45, 2.75) is 39.2 Å². The Hall–Kier alpha value is -2.18. The number of nitrogens with one attached hydrogen (secondary N) is 2. The van der Waals surface area contributed by atoms with Crippen molar-refractivity contribution in [3.8, 4) is 5.95 Å². The third-order valence-electron chi connectivity index (χ3n) is 3.70. The second-order valence-electron chi connectivity index (χ2n) is 5.52. The lowest BCUT2D eigenvalue weighted by atomic mass is 10.1. The maximum Gasteiger partial charge on any atom is 0.257 e. The van der Waals surface area contributed by atoms with Crippen LogP contribution in [0.1, 0.15) is 33.1 Å². The molecule has 1 aliphatic carbocycles. The van der Waals surface area contributed by atoms with Gasteiger partial charge < -0.3 is 10.6 Å². The van der Waals surface area contributed by atoms with Gasteiger partial charge in [0.15, 0.2) is 0 Å². The van der Waals surface area contributed by atoms with E-state index in [1.54, 1.807) is 10.9 Å². The van der Waals surface area contributed by atoms with Gasteiger partial charge in [0.2, 0.25) is 11.9 Å². The minimum atomic E-state index is 0.447. The van der Waals surface area contributed by atoms with Crippen molar-refractivity contribution >= 4 is 11.9 Å². The van der Waals surface area contributed by atoms with Crippen LogP contribution in [0.5, 0.6) is 0 Å². The Morgan fingerprint density at radius 2 is 2.10 bits per heavy atom. The third-order valence-corrected chi connectivity index (χ3v) is 3.70. The molecule has 21 heavy (non-hydrogen) atoms. The standard InChI is InChI=1S/C14H21N7/c1-3-15-12-18-13(17-11-6-5-10(2)9-11)20-14(19-12)21-8-4-7-16-21/h4,7-8,10-11H,3,5-6,9H2,1-2H3,(H2,15,17,18,19,20). The summed E-state index contributed by atoms with van der Waals surface area (Å²) in [6.45, 7) is 5.07.